The highest BCUT2D eigenvalue weighted by atomic mass is 19.4. The van der Waals surface area contributed by atoms with Crippen LogP contribution in [0.15, 0.2) is 0 Å². The number of rotatable bonds is 4. The van der Waals surface area contributed by atoms with Crippen LogP contribution in [0.5, 0.6) is 0 Å². The third kappa shape index (κ3) is 3.11. The molecule has 1 aliphatic carbocycles. The number of aromatic nitrogens is 2. The molecule has 0 radical (unpaired) electrons. The van der Waals surface area contributed by atoms with Gasteiger partial charge in [0.25, 0.3) is 5.92 Å². The molecule has 0 fully saturated rings. The van der Waals surface area contributed by atoms with Crippen molar-refractivity contribution in [2.75, 3.05) is 0 Å². The summed E-state index contributed by atoms with van der Waals surface area (Å²) in [5.41, 5.74) is -2.07. The number of hydrogen-bond donors (Lipinski definition) is 1. The lowest BCUT2D eigenvalue weighted by molar-refractivity contribution is -0.150. The summed E-state index contributed by atoms with van der Waals surface area (Å²) in [4.78, 5) is 0. The standard InChI is InChI=1S/C14H19F5N2O/c1-3-8(2)5-7-21-9-4-6-13(15,16)12(22)10(9)11(20-21)14(17,18)19/h8,12,22H,3-7H2,1-2H3/t8?,12-/m0/s1. The van der Waals surface area contributed by atoms with Crippen molar-refractivity contribution in [2.24, 2.45) is 5.92 Å². The van der Waals surface area contributed by atoms with Crippen molar-refractivity contribution in [2.45, 2.75) is 64.3 Å². The van der Waals surface area contributed by atoms with Gasteiger partial charge in [-0.05, 0) is 18.8 Å². The van der Waals surface area contributed by atoms with E-state index in [0.29, 0.717) is 12.3 Å². The van der Waals surface area contributed by atoms with E-state index in [1.54, 1.807) is 0 Å². The highest BCUT2D eigenvalue weighted by Gasteiger charge is 2.51. The van der Waals surface area contributed by atoms with Crippen LogP contribution in [0.2, 0.25) is 0 Å². The number of aliphatic hydroxyl groups is 1. The molecule has 0 aromatic carbocycles. The molecule has 2 rings (SSSR count). The van der Waals surface area contributed by atoms with Gasteiger partial charge >= 0.3 is 6.18 Å². The monoisotopic (exact) mass is 326 g/mol. The van der Waals surface area contributed by atoms with Crippen LogP contribution in [0.1, 0.15) is 56.2 Å². The van der Waals surface area contributed by atoms with Crippen molar-refractivity contribution in [1.29, 1.82) is 0 Å². The maximum Gasteiger partial charge on any atom is 0.435 e. The van der Waals surface area contributed by atoms with Crippen molar-refractivity contribution >= 4 is 0 Å². The number of aryl methyl sites for hydroxylation is 1. The number of alkyl halides is 5. The zero-order chi connectivity index (χ0) is 16.7. The third-order valence-electron chi connectivity index (χ3n) is 4.27. The second kappa shape index (κ2) is 5.79. The maximum absolute atomic E-state index is 13.6. The molecule has 1 N–H and O–H groups in total. The summed E-state index contributed by atoms with van der Waals surface area (Å²) in [6, 6.07) is 0. The van der Waals surface area contributed by atoms with Gasteiger partial charge in [-0.1, -0.05) is 20.3 Å². The van der Waals surface area contributed by atoms with Gasteiger partial charge < -0.3 is 5.11 Å². The first-order valence-corrected chi connectivity index (χ1v) is 7.30. The van der Waals surface area contributed by atoms with Crippen LogP contribution in [0.25, 0.3) is 0 Å². The van der Waals surface area contributed by atoms with E-state index in [9.17, 15) is 27.1 Å². The molecule has 1 aromatic rings. The lowest BCUT2D eigenvalue weighted by Crippen LogP contribution is -2.33. The molecule has 3 nitrogen and oxygen atoms in total. The minimum absolute atomic E-state index is 0.0778. The lowest BCUT2D eigenvalue weighted by atomic mass is 9.89. The fourth-order valence-electron chi connectivity index (χ4n) is 2.64. The van der Waals surface area contributed by atoms with Crippen molar-refractivity contribution in [3.8, 4) is 0 Å². The first kappa shape index (κ1) is 17.2. The molecular weight excluding hydrogens is 307 g/mol. The average molecular weight is 326 g/mol. The number of halogens is 5. The molecule has 0 spiro atoms. The van der Waals surface area contributed by atoms with Crippen LogP contribution in [0.4, 0.5) is 22.0 Å². The van der Waals surface area contributed by atoms with E-state index in [-0.39, 0.29) is 18.7 Å². The highest BCUT2D eigenvalue weighted by molar-refractivity contribution is 5.35. The summed E-state index contributed by atoms with van der Waals surface area (Å²) in [6.07, 6.45) is -6.73. The topological polar surface area (TPSA) is 38.0 Å². The normalized spacial score (nSPS) is 22.5. The van der Waals surface area contributed by atoms with Gasteiger partial charge in [-0.2, -0.15) is 18.3 Å². The van der Waals surface area contributed by atoms with Crippen LogP contribution < -0.4 is 0 Å². The quantitative estimate of drug-likeness (QED) is 0.851. The van der Waals surface area contributed by atoms with Crippen LogP contribution in [-0.4, -0.2) is 20.8 Å². The first-order valence-electron chi connectivity index (χ1n) is 7.30. The summed E-state index contributed by atoms with van der Waals surface area (Å²) < 4.78 is 67.4. The SMILES string of the molecule is CCC(C)CCn1nc(C(F)(F)F)c2c1CCC(F)(F)[C@H]2O. The van der Waals surface area contributed by atoms with Crippen molar-refractivity contribution in [3.63, 3.8) is 0 Å². The molecule has 0 saturated carbocycles. The maximum atomic E-state index is 13.6. The Balaban J connectivity index is 2.43. The molecule has 0 bridgehead atoms. The van der Waals surface area contributed by atoms with Crippen LogP contribution in [-0.2, 0) is 19.1 Å². The lowest BCUT2D eigenvalue weighted by Gasteiger charge is -2.28. The van der Waals surface area contributed by atoms with E-state index in [2.05, 4.69) is 5.10 Å². The molecule has 8 heteroatoms. The molecular formula is C14H19F5N2O. The predicted octanol–water partition coefficient (Wildman–Crippen LogP) is 3.95. The average Bonchev–Trinajstić information content (AvgIpc) is 2.79. The Hall–Kier alpha value is -1.18. The third-order valence-corrected chi connectivity index (χ3v) is 4.27. The van der Waals surface area contributed by atoms with Gasteiger partial charge in [0.1, 0.15) is 6.10 Å². The Bertz CT molecular complexity index is 538. The Morgan fingerprint density at radius 3 is 2.59 bits per heavy atom. The Morgan fingerprint density at radius 2 is 2.05 bits per heavy atom. The molecule has 1 aromatic heterocycles. The van der Waals surface area contributed by atoms with Crippen molar-refractivity contribution in [3.05, 3.63) is 17.0 Å². The summed E-state index contributed by atoms with van der Waals surface area (Å²) in [5.74, 6) is -3.26. The number of aliphatic hydroxyl groups excluding tert-OH is 1. The minimum Gasteiger partial charge on any atom is -0.382 e. The van der Waals surface area contributed by atoms with Crippen molar-refractivity contribution in [1.82, 2.24) is 9.78 Å². The van der Waals surface area contributed by atoms with Crippen LogP contribution in [0, 0.1) is 5.92 Å². The van der Waals surface area contributed by atoms with Gasteiger partial charge in [-0.25, -0.2) is 8.78 Å². The second-order valence-electron chi connectivity index (χ2n) is 5.90. The van der Waals surface area contributed by atoms with Gasteiger partial charge in [-0.3, -0.25) is 4.68 Å². The number of nitrogens with zero attached hydrogens (tertiary/aromatic N) is 2. The molecule has 22 heavy (non-hydrogen) atoms. The molecule has 1 aliphatic rings. The summed E-state index contributed by atoms with van der Waals surface area (Å²) in [6.45, 7) is 4.16. The molecule has 1 unspecified atom stereocenters. The smallest absolute Gasteiger partial charge is 0.382 e. The summed E-state index contributed by atoms with van der Waals surface area (Å²) >= 11 is 0. The zero-order valence-electron chi connectivity index (χ0n) is 12.4. The van der Waals surface area contributed by atoms with Crippen molar-refractivity contribution < 1.29 is 27.1 Å². The molecule has 126 valence electrons. The van der Waals surface area contributed by atoms with Gasteiger partial charge in [0.05, 0.1) is 0 Å². The first-order chi connectivity index (χ1) is 10.1. The minimum atomic E-state index is -4.86. The molecule has 1 heterocycles. The van der Waals surface area contributed by atoms with Gasteiger partial charge in [0, 0.05) is 24.2 Å². The summed E-state index contributed by atoms with van der Waals surface area (Å²) in [5, 5.41) is 13.2. The van der Waals surface area contributed by atoms with E-state index in [4.69, 9.17) is 0 Å². The summed E-state index contributed by atoms with van der Waals surface area (Å²) in [7, 11) is 0. The van der Waals surface area contributed by atoms with Crippen LogP contribution >= 0.6 is 0 Å². The molecule has 0 saturated heterocycles. The highest BCUT2D eigenvalue weighted by Crippen LogP contribution is 2.46. The van der Waals surface area contributed by atoms with E-state index < -0.39 is 35.9 Å². The zero-order valence-corrected chi connectivity index (χ0v) is 12.4. The fraction of sp³-hybridized carbons (Fsp3) is 0.786. The molecule has 0 aliphatic heterocycles. The van der Waals surface area contributed by atoms with E-state index in [0.717, 1.165) is 11.1 Å². The van der Waals surface area contributed by atoms with E-state index in [1.165, 1.54) is 0 Å². The Morgan fingerprint density at radius 1 is 1.41 bits per heavy atom. The van der Waals surface area contributed by atoms with Gasteiger partial charge in [0.15, 0.2) is 5.69 Å². The van der Waals surface area contributed by atoms with Gasteiger partial charge in [0.2, 0.25) is 0 Å². The van der Waals surface area contributed by atoms with Gasteiger partial charge in [-0.15, -0.1) is 0 Å². The molecule has 2 atom stereocenters. The number of fused-ring (bicyclic) bond motifs is 1. The Labute approximate surface area is 125 Å². The largest absolute Gasteiger partial charge is 0.435 e. The van der Waals surface area contributed by atoms with E-state index in [1.807, 2.05) is 13.8 Å². The van der Waals surface area contributed by atoms with E-state index >= 15 is 0 Å². The predicted molar refractivity (Wildman–Crippen MR) is 69.5 cm³/mol. The fourth-order valence-corrected chi connectivity index (χ4v) is 2.64. The van der Waals surface area contributed by atoms with Crippen LogP contribution in [0.3, 0.4) is 0 Å². The molecule has 0 amide bonds. The Kier molecular flexibility index (Phi) is 4.52. The number of hydrogen-bond acceptors (Lipinski definition) is 2. The second-order valence-corrected chi connectivity index (χ2v) is 5.90.